The zero-order valence-corrected chi connectivity index (χ0v) is 22.8. The highest BCUT2D eigenvalue weighted by molar-refractivity contribution is 5.85. The van der Waals surface area contributed by atoms with E-state index in [-0.39, 0.29) is 13.2 Å². The molecule has 0 saturated heterocycles. The van der Waals surface area contributed by atoms with Crippen LogP contribution in [0.2, 0.25) is 0 Å². The molecule has 3 rings (SSSR count). The average Bonchev–Trinajstić information content (AvgIpc) is 2.94. The number of anilines is 2. The maximum absolute atomic E-state index is 13.5. The Morgan fingerprint density at radius 2 is 1.53 bits per heavy atom. The average molecular weight is 520 g/mol. The molecule has 0 radical (unpaired) electrons. The van der Waals surface area contributed by atoms with Crippen LogP contribution in [0.1, 0.15) is 30.9 Å². The normalized spacial score (nSPS) is 12.5. The van der Waals surface area contributed by atoms with Crippen molar-refractivity contribution in [3.05, 3.63) is 96.1 Å². The Morgan fingerprint density at radius 3 is 2.16 bits per heavy atom. The predicted molar refractivity (Wildman–Crippen MR) is 153 cm³/mol. The number of unbranched alkanes of at least 4 members (excludes halogenated alkanes) is 1. The smallest absolute Gasteiger partial charge is 0.439 e. The molecule has 3 aromatic rings. The molecule has 0 aliphatic carbocycles. The maximum atomic E-state index is 13.5. The first-order chi connectivity index (χ1) is 18.5. The third-order valence-electron chi connectivity index (χ3n) is 6.29. The van der Waals surface area contributed by atoms with Gasteiger partial charge in [-0.2, -0.15) is 5.06 Å². The van der Waals surface area contributed by atoms with Gasteiger partial charge in [0.15, 0.2) is 0 Å². The number of benzene rings is 3. The Labute approximate surface area is 227 Å². The van der Waals surface area contributed by atoms with Gasteiger partial charge in [-0.1, -0.05) is 79.6 Å². The van der Waals surface area contributed by atoms with Gasteiger partial charge in [0, 0.05) is 38.9 Å². The van der Waals surface area contributed by atoms with E-state index in [1.807, 2.05) is 67.7 Å². The van der Waals surface area contributed by atoms with Crippen LogP contribution in [-0.2, 0) is 20.7 Å². The summed E-state index contributed by atoms with van der Waals surface area (Å²) in [5.74, 6) is 0. The number of likely N-dealkylation sites (N-methyl/N-ethyl adjacent to an activating group) is 1. The first kappa shape index (κ1) is 29.2. The lowest BCUT2D eigenvalue weighted by molar-refractivity contribution is -0.0449. The summed E-state index contributed by atoms with van der Waals surface area (Å²) < 4.78 is 12.1. The van der Waals surface area contributed by atoms with E-state index in [4.69, 9.17) is 20.0 Å². The Morgan fingerprint density at radius 1 is 0.868 bits per heavy atom. The number of carbonyl (C=O) groups excluding carboxylic acids is 1. The lowest BCUT2D eigenvalue weighted by Gasteiger charge is -2.30. The van der Waals surface area contributed by atoms with Gasteiger partial charge in [0.05, 0.1) is 12.3 Å². The van der Waals surface area contributed by atoms with E-state index in [0.29, 0.717) is 25.3 Å². The lowest BCUT2D eigenvalue weighted by Crippen LogP contribution is -2.44. The molecule has 0 aromatic heterocycles. The zero-order chi connectivity index (χ0) is 27.2. The SMILES string of the molecule is CCCCOC(CN)C(Cc1ccccc1)OC(=O)N(OCCN(C)c1ccc(C)cc1)c1ccccc1. The summed E-state index contributed by atoms with van der Waals surface area (Å²) in [6, 6.07) is 27.4. The van der Waals surface area contributed by atoms with E-state index in [1.54, 1.807) is 0 Å². The molecule has 0 spiro atoms. The fraction of sp³-hybridized carbons (Fsp3) is 0.387. The number of amides is 1. The van der Waals surface area contributed by atoms with Crippen molar-refractivity contribution in [2.45, 2.75) is 45.3 Å². The fourth-order valence-corrected chi connectivity index (χ4v) is 3.97. The highest BCUT2D eigenvalue weighted by atomic mass is 16.7. The number of rotatable bonds is 15. The van der Waals surface area contributed by atoms with E-state index in [0.717, 1.165) is 24.1 Å². The van der Waals surface area contributed by atoms with Gasteiger partial charge in [-0.05, 0) is 43.2 Å². The van der Waals surface area contributed by atoms with Crippen LogP contribution >= 0.6 is 0 Å². The monoisotopic (exact) mass is 519 g/mol. The first-order valence-corrected chi connectivity index (χ1v) is 13.3. The fourth-order valence-electron chi connectivity index (χ4n) is 3.97. The molecule has 2 unspecified atom stereocenters. The standard InChI is InChI=1S/C31H41N3O4/c1-4-5-21-36-30(24-32)29(23-26-12-8-6-9-13-26)38-31(35)34(28-14-10-7-11-15-28)37-22-20-33(3)27-18-16-25(2)17-19-27/h6-19,29-30H,4-5,20-24,32H2,1-3H3. The Bertz CT molecular complexity index is 1060. The van der Waals surface area contributed by atoms with Gasteiger partial charge < -0.3 is 20.1 Å². The minimum absolute atomic E-state index is 0.238. The minimum atomic E-state index is -0.604. The Kier molecular flexibility index (Phi) is 12.1. The number of nitrogens with zero attached hydrogens (tertiary/aromatic N) is 2. The van der Waals surface area contributed by atoms with Crippen molar-refractivity contribution in [3.8, 4) is 0 Å². The van der Waals surface area contributed by atoms with Crippen LogP contribution in [0, 0.1) is 6.92 Å². The molecule has 7 heteroatoms. The summed E-state index contributed by atoms with van der Waals surface area (Å²) in [4.78, 5) is 21.6. The van der Waals surface area contributed by atoms with E-state index in [2.05, 4.69) is 43.0 Å². The molecule has 3 aromatic carbocycles. The predicted octanol–water partition coefficient (Wildman–Crippen LogP) is 5.76. The molecular weight excluding hydrogens is 478 g/mol. The summed E-state index contributed by atoms with van der Waals surface area (Å²) in [5.41, 5.74) is 9.99. The molecule has 0 fully saturated rings. The van der Waals surface area contributed by atoms with E-state index in [9.17, 15) is 4.79 Å². The topological polar surface area (TPSA) is 77.3 Å². The van der Waals surface area contributed by atoms with Gasteiger partial charge in [0.25, 0.3) is 0 Å². The summed E-state index contributed by atoms with van der Waals surface area (Å²) in [5, 5.41) is 1.22. The van der Waals surface area contributed by atoms with Crippen LogP contribution in [0.4, 0.5) is 16.2 Å². The third-order valence-corrected chi connectivity index (χ3v) is 6.29. The number of aryl methyl sites for hydroxylation is 1. The number of nitrogens with two attached hydrogens (primary N) is 1. The van der Waals surface area contributed by atoms with E-state index < -0.39 is 18.3 Å². The number of hydroxylamine groups is 1. The van der Waals surface area contributed by atoms with Gasteiger partial charge in [-0.15, -0.1) is 0 Å². The summed E-state index contributed by atoms with van der Waals surface area (Å²) >= 11 is 0. The Hall–Kier alpha value is -3.39. The van der Waals surface area contributed by atoms with Crippen LogP contribution in [0.15, 0.2) is 84.9 Å². The highest BCUT2D eigenvalue weighted by Crippen LogP contribution is 2.20. The summed E-state index contributed by atoms with van der Waals surface area (Å²) in [7, 11) is 1.99. The molecule has 0 aliphatic rings. The van der Waals surface area contributed by atoms with Crippen molar-refractivity contribution >= 4 is 17.5 Å². The zero-order valence-electron chi connectivity index (χ0n) is 22.8. The summed E-state index contributed by atoms with van der Waals surface area (Å²) in [6.45, 7) is 5.83. The van der Waals surface area contributed by atoms with Crippen LogP contribution < -0.4 is 15.7 Å². The number of ether oxygens (including phenoxy) is 2. The molecule has 2 atom stereocenters. The maximum Gasteiger partial charge on any atom is 0.439 e. The van der Waals surface area contributed by atoms with Crippen molar-refractivity contribution in [2.75, 3.05) is 43.3 Å². The molecule has 0 saturated carbocycles. The second-order valence-electron chi connectivity index (χ2n) is 9.33. The molecule has 38 heavy (non-hydrogen) atoms. The van der Waals surface area contributed by atoms with Gasteiger partial charge in [0.2, 0.25) is 0 Å². The minimum Gasteiger partial charge on any atom is -0.441 e. The molecule has 7 nitrogen and oxygen atoms in total. The van der Waals surface area contributed by atoms with Gasteiger partial charge in [-0.25, -0.2) is 4.79 Å². The molecular formula is C31H41N3O4. The number of hydrogen-bond donors (Lipinski definition) is 1. The largest absolute Gasteiger partial charge is 0.441 e. The van der Waals surface area contributed by atoms with Gasteiger partial charge in [0.1, 0.15) is 12.2 Å². The number of hydrogen-bond acceptors (Lipinski definition) is 6. The molecule has 0 aliphatic heterocycles. The van der Waals surface area contributed by atoms with Gasteiger partial charge in [-0.3, -0.25) is 4.84 Å². The van der Waals surface area contributed by atoms with Crippen LogP contribution in [0.5, 0.6) is 0 Å². The molecule has 1 amide bonds. The van der Waals surface area contributed by atoms with Crippen LogP contribution in [0.3, 0.4) is 0 Å². The second-order valence-corrected chi connectivity index (χ2v) is 9.33. The Balaban J connectivity index is 1.73. The van der Waals surface area contributed by atoms with Crippen LogP contribution in [0.25, 0.3) is 0 Å². The van der Waals surface area contributed by atoms with Crippen LogP contribution in [-0.4, -0.2) is 51.7 Å². The molecule has 2 N–H and O–H groups in total. The highest BCUT2D eigenvalue weighted by Gasteiger charge is 2.29. The first-order valence-electron chi connectivity index (χ1n) is 13.3. The third kappa shape index (κ3) is 9.17. The van der Waals surface area contributed by atoms with Gasteiger partial charge >= 0.3 is 6.09 Å². The lowest BCUT2D eigenvalue weighted by atomic mass is 10.0. The molecule has 204 valence electrons. The second kappa shape index (κ2) is 15.8. The van der Waals surface area contributed by atoms with Crippen molar-refractivity contribution in [3.63, 3.8) is 0 Å². The molecule has 0 bridgehead atoms. The number of carbonyl (C=O) groups is 1. The van der Waals surface area contributed by atoms with Crippen molar-refractivity contribution in [2.24, 2.45) is 5.73 Å². The number of para-hydroxylation sites is 1. The van der Waals surface area contributed by atoms with E-state index in [1.165, 1.54) is 10.6 Å². The van der Waals surface area contributed by atoms with Crippen molar-refractivity contribution in [1.29, 1.82) is 0 Å². The van der Waals surface area contributed by atoms with E-state index >= 15 is 0 Å². The van der Waals surface area contributed by atoms with Crippen molar-refractivity contribution < 1.29 is 19.1 Å². The van der Waals surface area contributed by atoms with Crippen molar-refractivity contribution in [1.82, 2.24) is 0 Å². The molecule has 0 heterocycles. The quantitative estimate of drug-likeness (QED) is 0.203. The summed E-state index contributed by atoms with van der Waals surface area (Å²) in [6.07, 6.45) is 0.795.